The summed E-state index contributed by atoms with van der Waals surface area (Å²) in [7, 11) is 0. The van der Waals surface area contributed by atoms with E-state index in [1.807, 2.05) is 0 Å². The molecule has 34 heteroatoms. The maximum Gasteiger partial charge on any atom is 0.268 e. The number of nitrogens with one attached hydrogen (secondary N) is 12. The largest absolute Gasteiger partial charge is 0.389 e. The fourth-order valence-electron chi connectivity index (χ4n) is 9.42. The fraction of sp³-hybridized carbons (Fsp3) is 0.709. The van der Waals surface area contributed by atoms with Gasteiger partial charge in [0, 0.05) is 44.5 Å². The van der Waals surface area contributed by atoms with Gasteiger partial charge in [-0.1, -0.05) is 12.5 Å². The molecule has 31 N–H and O–H groups in total. The summed E-state index contributed by atoms with van der Waals surface area (Å²) in [6.45, 7) is 1.01. The second-order valence-electron chi connectivity index (χ2n) is 21.7. The van der Waals surface area contributed by atoms with E-state index in [1.165, 1.54) is 23.5 Å². The number of unbranched alkanes of at least 4 members (excludes halogenated alkanes) is 4. The van der Waals surface area contributed by atoms with Crippen LogP contribution in [0.15, 0.2) is 24.3 Å². The average molecular weight is 1260 g/mol. The molecular formula is C55H103N23O11. The molecule has 9 atom stereocenters. The first kappa shape index (κ1) is 77.7. The molecule has 2 rings (SSSR count). The highest BCUT2D eigenvalue weighted by molar-refractivity contribution is 6.02. The number of likely N-dealkylation sites (tertiary alicyclic amines) is 1. The zero-order valence-electron chi connectivity index (χ0n) is 51.3. The van der Waals surface area contributed by atoms with Gasteiger partial charge in [0.1, 0.15) is 48.0 Å². The highest BCUT2D eigenvalue weighted by Gasteiger charge is 2.40. The molecule has 0 saturated carbocycles. The summed E-state index contributed by atoms with van der Waals surface area (Å²) < 4.78 is 0. The van der Waals surface area contributed by atoms with Crippen molar-refractivity contribution in [2.24, 2.45) is 51.6 Å². The van der Waals surface area contributed by atoms with Crippen molar-refractivity contribution in [2.75, 3.05) is 72.0 Å². The van der Waals surface area contributed by atoms with E-state index < -0.39 is 127 Å². The Bertz CT molecular complexity index is 2390. The van der Waals surface area contributed by atoms with Gasteiger partial charge in [-0.15, -0.1) is 0 Å². The zero-order chi connectivity index (χ0) is 66.1. The molecule has 10 amide bonds. The van der Waals surface area contributed by atoms with E-state index in [9.17, 15) is 53.1 Å². The summed E-state index contributed by atoms with van der Waals surface area (Å²) in [5, 5.41) is 44.4. The van der Waals surface area contributed by atoms with Crippen molar-refractivity contribution in [3.63, 3.8) is 0 Å². The first-order valence-electron chi connectivity index (χ1n) is 30.8. The smallest absolute Gasteiger partial charge is 0.268 e. The number of hydrogen-bond donors (Lipinski definition) is 22. The summed E-state index contributed by atoms with van der Waals surface area (Å²) in [5.41, 5.74) is 51.5. The van der Waals surface area contributed by atoms with Gasteiger partial charge in [0.05, 0.1) is 25.0 Å². The van der Waals surface area contributed by atoms with Crippen LogP contribution in [-0.2, 0) is 54.4 Å². The van der Waals surface area contributed by atoms with Crippen LogP contribution in [0.3, 0.4) is 0 Å². The van der Waals surface area contributed by atoms with Gasteiger partial charge in [-0.2, -0.15) is 0 Å². The van der Waals surface area contributed by atoms with Crippen LogP contribution in [-0.4, -0.2) is 211 Å². The first-order valence-corrected chi connectivity index (χ1v) is 30.8. The lowest BCUT2D eigenvalue weighted by atomic mass is 10.0. The van der Waals surface area contributed by atoms with Crippen LogP contribution in [0, 0.1) is 5.41 Å². The molecule has 2 unspecified atom stereocenters. The quantitative estimate of drug-likeness (QED) is 0.0125. The van der Waals surface area contributed by atoms with Gasteiger partial charge in [0.2, 0.25) is 53.2 Å². The maximum atomic E-state index is 14.5. The molecule has 0 aliphatic carbocycles. The zero-order valence-corrected chi connectivity index (χ0v) is 51.3. The molecule has 0 bridgehead atoms. The van der Waals surface area contributed by atoms with Crippen molar-refractivity contribution in [1.82, 2.24) is 68.0 Å². The molecule has 1 aromatic heterocycles. The minimum atomic E-state index is -1.60. The number of amides is 10. The second-order valence-corrected chi connectivity index (χ2v) is 21.7. The molecule has 1 aromatic rings. The van der Waals surface area contributed by atoms with Crippen LogP contribution in [0.25, 0.3) is 0 Å². The van der Waals surface area contributed by atoms with E-state index in [-0.39, 0.29) is 109 Å². The number of carbonyl (C=O) groups excluding carboxylic acids is 10. The third-order valence-electron chi connectivity index (χ3n) is 14.4. The second kappa shape index (κ2) is 44.9. The van der Waals surface area contributed by atoms with Crippen molar-refractivity contribution < 1.29 is 53.1 Å². The summed E-state index contributed by atoms with van der Waals surface area (Å²) in [5.74, 6) is -8.00. The molecule has 0 aromatic carbocycles. The van der Waals surface area contributed by atoms with Gasteiger partial charge in [-0.05, 0) is 148 Å². The number of nitrogens with zero attached hydrogens (tertiary/aromatic N) is 2. The number of carbonyl (C=O) groups is 10. The summed E-state index contributed by atoms with van der Waals surface area (Å²) in [6, 6.07) is -10.1. The number of aliphatic hydroxyl groups is 1. The Hall–Kier alpha value is -7.44. The molecular weight excluding hydrogens is 1160 g/mol. The lowest BCUT2D eigenvalue weighted by Crippen LogP contribution is -2.61. The van der Waals surface area contributed by atoms with Crippen LogP contribution in [0.5, 0.6) is 0 Å². The SMILES string of the molecule is N=C(N)NCC/C=C(\NC(=O)[C@H](CCCCN)NC(=O)C(Cc1cnc[nH]1)NC(=O)[C@@H]1CCCN1C(=O)[C@@H](CCCN)NC(=O)CNC(=O)[C@H](CCCN)NC(=O)[C@@H](NC(=O)C(N)CCCCN)[C@@H](O)CN)C(=O)N[C@@H](CCCCN)C(=O)NCCCCN. The predicted molar refractivity (Wildman–Crippen MR) is 332 cm³/mol. The van der Waals surface area contributed by atoms with Gasteiger partial charge >= 0.3 is 0 Å². The molecule has 1 aliphatic heterocycles. The number of nitrogens with two attached hydrogens (primary N) is 9. The Balaban J connectivity index is 2.37. The van der Waals surface area contributed by atoms with Crippen molar-refractivity contribution in [2.45, 2.75) is 176 Å². The molecule has 0 radical (unpaired) electrons. The van der Waals surface area contributed by atoms with Crippen LogP contribution in [0.4, 0.5) is 0 Å². The maximum absolute atomic E-state index is 14.5. The van der Waals surface area contributed by atoms with E-state index in [0.717, 1.165) is 0 Å². The summed E-state index contributed by atoms with van der Waals surface area (Å²) in [4.78, 5) is 147. The van der Waals surface area contributed by atoms with Crippen molar-refractivity contribution >= 4 is 65.0 Å². The van der Waals surface area contributed by atoms with Gasteiger partial charge < -0.3 is 120 Å². The first-order chi connectivity index (χ1) is 42.7. The Morgan fingerprint density at radius 2 is 1.18 bits per heavy atom. The Morgan fingerprint density at radius 3 is 1.78 bits per heavy atom. The Kier molecular flexibility index (Phi) is 39.2. The monoisotopic (exact) mass is 1260 g/mol. The number of imidazole rings is 1. The van der Waals surface area contributed by atoms with Crippen LogP contribution >= 0.6 is 0 Å². The third kappa shape index (κ3) is 30.1. The van der Waals surface area contributed by atoms with E-state index in [4.69, 9.17) is 57.0 Å². The van der Waals surface area contributed by atoms with Crippen molar-refractivity contribution in [3.8, 4) is 0 Å². The summed E-state index contributed by atoms with van der Waals surface area (Å²) in [6.07, 6.45) is 8.30. The number of H-pyrrole nitrogens is 1. The van der Waals surface area contributed by atoms with Gasteiger partial charge in [-0.25, -0.2) is 4.98 Å². The predicted octanol–water partition coefficient (Wildman–Crippen LogP) is -7.79. The third-order valence-corrected chi connectivity index (χ3v) is 14.4. The van der Waals surface area contributed by atoms with Crippen LogP contribution in [0.2, 0.25) is 0 Å². The lowest BCUT2D eigenvalue weighted by molar-refractivity contribution is -0.142. The van der Waals surface area contributed by atoms with Crippen molar-refractivity contribution in [3.05, 3.63) is 30.0 Å². The molecule has 504 valence electrons. The minimum Gasteiger partial charge on any atom is -0.389 e. The lowest BCUT2D eigenvalue weighted by Gasteiger charge is -2.30. The number of guanidine groups is 1. The standard InChI is InChI=1S/C55H103N23O11/c56-20-4-1-13-35(63)46(81)77-45(43(79)30-62)53(88)75-37(16-9-24-60)48(83)69-32-44(80)71-40(17-10-25-61)54(89)78-28-12-19-42(78)52(87)76-41(29-34-31-66-33-70-34)51(86)74-38(15-3-6-22-58)49(84)73-39(18-11-27-68-55(64)65)50(85)72-36(14-2-5-21-57)47(82)67-26-8-7-23-59/h18,31,33,35-38,40-43,45,79H,1-17,19-30,32,56-63H2,(H,66,70)(H,67,82)(H,69,83)(H,71,80)(H,72,85)(H,73,84)(H,74,86)(H,75,88)(H,76,87)(H,77,81)(H4,64,65,68)/b39-18-/t35?,36-,37-,38-,40+,41?,42-,43-,45-/m0/s1. The number of hydrogen-bond acceptors (Lipinski definition) is 21. The van der Waals surface area contributed by atoms with Crippen LogP contribution in [0.1, 0.15) is 121 Å². The normalized spacial score (nSPS) is 15.8. The van der Waals surface area contributed by atoms with Crippen LogP contribution < -0.4 is 105 Å². The Labute approximate surface area is 520 Å². The average Bonchev–Trinajstić information content (AvgIpc) is 2.38. The topological polar surface area (TPSA) is 601 Å². The highest BCUT2D eigenvalue weighted by Crippen LogP contribution is 2.21. The van der Waals surface area contributed by atoms with Gasteiger partial charge in [0.25, 0.3) is 5.91 Å². The number of aromatic amines is 1. The number of aromatic nitrogens is 2. The highest BCUT2D eigenvalue weighted by atomic mass is 16.3. The molecule has 1 saturated heterocycles. The van der Waals surface area contributed by atoms with E-state index in [1.54, 1.807) is 0 Å². The molecule has 1 fully saturated rings. The minimum absolute atomic E-state index is 0.0160. The van der Waals surface area contributed by atoms with Gasteiger partial charge in [0.15, 0.2) is 5.96 Å². The number of aliphatic hydroxyl groups excluding tert-OH is 1. The Morgan fingerprint density at radius 1 is 0.618 bits per heavy atom. The molecule has 2 heterocycles. The molecule has 34 nitrogen and oxygen atoms in total. The van der Waals surface area contributed by atoms with Crippen molar-refractivity contribution in [1.29, 1.82) is 5.41 Å². The van der Waals surface area contributed by atoms with Gasteiger partial charge in [-0.3, -0.25) is 53.4 Å². The summed E-state index contributed by atoms with van der Waals surface area (Å²) >= 11 is 0. The van der Waals surface area contributed by atoms with E-state index in [0.29, 0.717) is 89.7 Å². The van der Waals surface area contributed by atoms with E-state index in [2.05, 4.69) is 63.1 Å². The number of rotatable bonds is 47. The molecule has 89 heavy (non-hydrogen) atoms. The molecule has 0 spiro atoms. The molecule has 1 aliphatic rings. The fourth-order valence-corrected chi connectivity index (χ4v) is 9.42. The van der Waals surface area contributed by atoms with E-state index >= 15 is 0 Å².